The highest BCUT2D eigenvalue weighted by molar-refractivity contribution is 6.30. The Bertz CT molecular complexity index is 617. The van der Waals surface area contributed by atoms with Crippen LogP contribution >= 0.6 is 11.6 Å². The van der Waals surface area contributed by atoms with Crippen LogP contribution in [0.15, 0.2) is 22.7 Å². The van der Waals surface area contributed by atoms with E-state index in [2.05, 4.69) is 10.1 Å². The molecule has 0 fully saturated rings. The highest BCUT2D eigenvalue weighted by Gasteiger charge is 2.11. The number of nitriles is 1. The first kappa shape index (κ1) is 13.4. The van der Waals surface area contributed by atoms with Crippen molar-refractivity contribution in [1.82, 2.24) is 10.1 Å². The van der Waals surface area contributed by atoms with E-state index < -0.39 is 0 Å². The van der Waals surface area contributed by atoms with Crippen LogP contribution < -0.4 is 4.74 Å². The molecule has 0 bridgehead atoms. The smallest absolute Gasteiger partial charge is 0.264 e. The lowest BCUT2D eigenvalue weighted by Crippen LogP contribution is -1.98. The third-order valence-electron chi connectivity index (χ3n) is 2.42. The molecule has 0 aliphatic heterocycles. The second kappa shape index (κ2) is 5.72. The maximum Gasteiger partial charge on any atom is 0.264 e. The van der Waals surface area contributed by atoms with E-state index in [0.29, 0.717) is 28.1 Å². The van der Waals surface area contributed by atoms with Gasteiger partial charge in [-0.3, -0.25) is 0 Å². The minimum absolute atomic E-state index is 0.106. The molecule has 0 saturated carbocycles. The van der Waals surface area contributed by atoms with Crippen molar-refractivity contribution in [3.05, 3.63) is 40.5 Å². The van der Waals surface area contributed by atoms with Crippen LogP contribution in [0.1, 0.15) is 37.0 Å². The van der Waals surface area contributed by atoms with Crippen LogP contribution in [0.25, 0.3) is 0 Å². The van der Waals surface area contributed by atoms with Gasteiger partial charge in [-0.2, -0.15) is 10.2 Å². The minimum atomic E-state index is 0.106. The Labute approximate surface area is 115 Å². The number of rotatable bonds is 4. The molecule has 0 amide bonds. The van der Waals surface area contributed by atoms with Gasteiger partial charge >= 0.3 is 0 Å². The number of ether oxygens (including phenoxy) is 1. The summed E-state index contributed by atoms with van der Waals surface area (Å²) < 4.78 is 10.5. The number of hydrogen-bond acceptors (Lipinski definition) is 5. The van der Waals surface area contributed by atoms with E-state index in [1.54, 1.807) is 18.2 Å². The Hall–Kier alpha value is -2.06. The Morgan fingerprint density at radius 2 is 2.26 bits per heavy atom. The Kier molecular flexibility index (Phi) is 4.03. The Morgan fingerprint density at radius 3 is 2.89 bits per heavy atom. The topological polar surface area (TPSA) is 71.9 Å². The standard InChI is InChI=1S/C13H12ClN3O2/c1-8(2)13-16-12(19-17-13)7-18-11-5-10(14)4-3-9(11)6-15/h3-5,8H,7H2,1-2H3. The van der Waals surface area contributed by atoms with Crippen LogP contribution in [-0.4, -0.2) is 10.1 Å². The summed E-state index contributed by atoms with van der Waals surface area (Å²) in [5.74, 6) is 1.59. The van der Waals surface area contributed by atoms with Gasteiger partial charge in [-0.1, -0.05) is 30.6 Å². The van der Waals surface area contributed by atoms with E-state index in [4.69, 9.17) is 26.1 Å². The SMILES string of the molecule is CC(C)c1noc(COc2cc(Cl)ccc2C#N)n1. The van der Waals surface area contributed by atoms with Crippen LogP contribution in [0.5, 0.6) is 5.75 Å². The molecule has 0 N–H and O–H groups in total. The van der Waals surface area contributed by atoms with Crippen LogP contribution in [0.4, 0.5) is 0 Å². The Morgan fingerprint density at radius 1 is 1.47 bits per heavy atom. The zero-order valence-electron chi connectivity index (χ0n) is 10.6. The summed E-state index contributed by atoms with van der Waals surface area (Å²) in [6, 6.07) is 6.85. The average molecular weight is 278 g/mol. The van der Waals surface area contributed by atoms with Crippen molar-refractivity contribution in [3.8, 4) is 11.8 Å². The van der Waals surface area contributed by atoms with Crippen molar-refractivity contribution >= 4 is 11.6 Å². The molecule has 0 spiro atoms. The largest absolute Gasteiger partial charge is 0.482 e. The second-order valence-electron chi connectivity index (χ2n) is 4.24. The third-order valence-corrected chi connectivity index (χ3v) is 2.65. The van der Waals surface area contributed by atoms with Crippen LogP contribution in [-0.2, 0) is 6.61 Å². The maximum absolute atomic E-state index is 8.96. The molecule has 1 aromatic carbocycles. The van der Waals surface area contributed by atoms with Gasteiger partial charge < -0.3 is 9.26 Å². The highest BCUT2D eigenvalue weighted by atomic mass is 35.5. The van der Waals surface area contributed by atoms with Gasteiger partial charge in [-0.15, -0.1) is 0 Å². The monoisotopic (exact) mass is 277 g/mol. The summed E-state index contributed by atoms with van der Waals surface area (Å²) in [4.78, 5) is 4.18. The van der Waals surface area contributed by atoms with Gasteiger partial charge in [0.1, 0.15) is 11.8 Å². The summed E-state index contributed by atoms with van der Waals surface area (Å²) in [6.45, 7) is 4.05. The van der Waals surface area contributed by atoms with Gasteiger partial charge in [0, 0.05) is 17.0 Å². The van der Waals surface area contributed by atoms with Gasteiger partial charge in [0.15, 0.2) is 12.4 Å². The quantitative estimate of drug-likeness (QED) is 0.857. The second-order valence-corrected chi connectivity index (χ2v) is 4.68. The molecule has 0 atom stereocenters. The van der Waals surface area contributed by atoms with Gasteiger partial charge in [-0.05, 0) is 12.1 Å². The fourth-order valence-electron chi connectivity index (χ4n) is 1.41. The van der Waals surface area contributed by atoms with E-state index in [0.717, 1.165) is 0 Å². The number of benzene rings is 1. The molecule has 0 saturated heterocycles. The molecule has 0 aliphatic rings. The molecule has 1 aromatic heterocycles. The zero-order chi connectivity index (χ0) is 13.8. The normalized spacial score (nSPS) is 10.5. The van der Waals surface area contributed by atoms with Crippen molar-refractivity contribution in [2.45, 2.75) is 26.4 Å². The first-order valence-electron chi connectivity index (χ1n) is 5.75. The molecule has 0 radical (unpaired) electrons. The van der Waals surface area contributed by atoms with Crippen molar-refractivity contribution in [2.24, 2.45) is 0 Å². The molecular weight excluding hydrogens is 266 g/mol. The van der Waals surface area contributed by atoms with Gasteiger partial charge in [-0.25, -0.2) is 0 Å². The first-order valence-corrected chi connectivity index (χ1v) is 6.13. The van der Waals surface area contributed by atoms with Crippen LogP contribution in [0.2, 0.25) is 5.02 Å². The number of halogens is 1. The molecule has 0 unspecified atom stereocenters. The molecule has 6 heteroatoms. The predicted molar refractivity (Wildman–Crippen MR) is 68.9 cm³/mol. The third kappa shape index (κ3) is 3.24. The summed E-state index contributed by atoms with van der Waals surface area (Å²) >= 11 is 5.86. The molecule has 5 nitrogen and oxygen atoms in total. The summed E-state index contributed by atoms with van der Waals surface area (Å²) in [5, 5.41) is 13.3. The number of hydrogen-bond donors (Lipinski definition) is 0. The van der Waals surface area contributed by atoms with Crippen molar-refractivity contribution in [1.29, 1.82) is 5.26 Å². The van der Waals surface area contributed by atoms with E-state index in [1.165, 1.54) is 0 Å². The summed E-state index contributed by atoms with van der Waals surface area (Å²) in [7, 11) is 0. The summed E-state index contributed by atoms with van der Waals surface area (Å²) in [5.41, 5.74) is 0.410. The van der Waals surface area contributed by atoms with E-state index in [1.807, 2.05) is 19.9 Å². The van der Waals surface area contributed by atoms with E-state index in [-0.39, 0.29) is 12.5 Å². The maximum atomic E-state index is 8.96. The molecule has 2 rings (SSSR count). The van der Waals surface area contributed by atoms with Crippen molar-refractivity contribution in [3.63, 3.8) is 0 Å². The van der Waals surface area contributed by atoms with Crippen molar-refractivity contribution < 1.29 is 9.26 Å². The zero-order valence-corrected chi connectivity index (χ0v) is 11.3. The predicted octanol–water partition coefficient (Wildman–Crippen LogP) is 3.30. The molecular formula is C13H12ClN3O2. The fourth-order valence-corrected chi connectivity index (χ4v) is 1.57. The minimum Gasteiger partial charge on any atom is -0.482 e. The van der Waals surface area contributed by atoms with Gasteiger partial charge in [0.25, 0.3) is 5.89 Å². The average Bonchev–Trinajstić information content (AvgIpc) is 2.85. The van der Waals surface area contributed by atoms with Gasteiger partial charge in [0.05, 0.1) is 5.56 Å². The first-order chi connectivity index (χ1) is 9.10. The van der Waals surface area contributed by atoms with Crippen LogP contribution in [0.3, 0.4) is 0 Å². The van der Waals surface area contributed by atoms with E-state index in [9.17, 15) is 0 Å². The summed E-state index contributed by atoms with van der Waals surface area (Å²) in [6.07, 6.45) is 0. The molecule has 98 valence electrons. The lowest BCUT2D eigenvalue weighted by Gasteiger charge is -2.05. The van der Waals surface area contributed by atoms with E-state index >= 15 is 0 Å². The molecule has 19 heavy (non-hydrogen) atoms. The van der Waals surface area contributed by atoms with Crippen molar-refractivity contribution in [2.75, 3.05) is 0 Å². The van der Waals surface area contributed by atoms with Crippen LogP contribution in [0, 0.1) is 11.3 Å². The highest BCUT2D eigenvalue weighted by Crippen LogP contribution is 2.23. The Balaban J connectivity index is 2.10. The molecule has 2 aromatic rings. The lowest BCUT2D eigenvalue weighted by atomic mass is 10.2. The molecule has 0 aliphatic carbocycles. The lowest BCUT2D eigenvalue weighted by molar-refractivity contribution is 0.242. The molecule has 1 heterocycles. The fraction of sp³-hybridized carbons (Fsp3) is 0.308. The van der Waals surface area contributed by atoms with Gasteiger partial charge in [0.2, 0.25) is 0 Å². The number of aromatic nitrogens is 2. The number of nitrogens with zero attached hydrogens (tertiary/aromatic N) is 3.